The van der Waals surface area contributed by atoms with Crippen LogP contribution in [0.3, 0.4) is 0 Å². The molecule has 1 aromatic rings. The van der Waals surface area contributed by atoms with Crippen molar-refractivity contribution in [2.75, 3.05) is 13.1 Å². The average molecular weight is 238 g/mol. The standard InChI is InChI=1S/C15H14N2O/c18-13-9-17-8-4-3-7-12(17)15-14(13)10-5-1-2-6-11(10)16-15/h1-2,5-6H,3-4,7-9H2. The molecule has 3 aliphatic rings. The first kappa shape index (κ1) is 10.1. The monoisotopic (exact) mass is 238 g/mol. The van der Waals surface area contributed by atoms with Crippen molar-refractivity contribution in [1.82, 2.24) is 4.90 Å². The van der Waals surface area contributed by atoms with Gasteiger partial charge in [-0.2, -0.15) is 0 Å². The summed E-state index contributed by atoms with van der Waals surface area (Å²) >= 11 is 0. The number of Topliss-reactive ketones (excluding diaryl/α,β-unsaturated/α-hetero) is 1. The minimum atomic E-state index is 0.226. The van der Waals surface area contributed by atoms with Gasteiger partial charge in [0.05, 0.1) is 23.2 Å². The third kappa shape index (κ3) is 1.24. The van der Waals surface area contributed by atoms with Crippen LogP contribution in [0.15, 0.2) is 40.7 Å². The van der Waals surface area contributed by atoms with Crippen molar-refractivity contribution in [3.05, 3.63) is 46.2 Å². The molecule has 90 valence electrons. The van der Waals surface area contributed by atoms with Gasteiger partial charge in [0.2, 0.25) is 0 Å². The van der Waals surface area contributed by atoms with Crippen LogP contribution in [-0.4, -0.2) is 23.8 Å². The second-order valence-corrected chi connectivity index (χ2v) is 5.10. The first-order valence-corrected chi connectivity index (χ1v) is 6.54. The van der Waals surface area contributed by atoms with Crippen molar-refractivity contribution in [1.29, 1.82) is 0 Å². The van der Waals surface area contributed by atoms with Gasteiger partial charge in [-0.3, -0.25) is 4.79 Å². The molecule has 1 fully saturated rings. The molecule has 3 nitrogen and oxygen atoms in total. The number of hydrogen-bond acceptors (Lipinski definition) is 3. The Balaban J connectivity index is 2.06. The van der Waals surface area contributed by atoms with E-state index in [1.54, 1.807) is 0 Å². The summed E-state index contributed by atoms with van der Waals surface area (Å²) in [6.07, 6.45) is 3.46. The zero-order valence-electron chi connectivity index (χ0n) is 10.1. The number of ketones is 1. The summed E-state index contributed by atoms with van der Waals surface area (Å²) in [6, 6.07) is 7.97. The molecule has 0 unspecified atom stereocenters. The van der Waals surface area contributed by atoms with Crippen molar-refractivity contribution < 1.29 is 4.79 Å². The van der Waals surface area contributed by atoms with Crippen LogP contribution in [0.5, 0.6) is 0 Å². The Bertz CT molecular complexity index is 699. The van der Waals surface area contributed by atoms with E-state index in [9.17, 15) is 4.79 Å². The molecule has 1 saturated heterocycles. The van der Waals surface area contributed by atoms with Crippen molar-refractivity contribution in [2.24, 2.45) is 4.99 Å². The smallest absolute Gasteiger partial charge is 0.184 e. The van der Waals surface area contributed by atoms with Crippen LogP contribution in [0.2, 0.25) is 0 Å². The largest absolute Gasteiger partial charge is 0.365 e. The van der Waals surface area contributed by atoms with E-state index in [0.717, 1.165) is 34.8 Å². The molecule has 0 aliphatic carbocycles. The molecule has 0 amide bonds. The van der Waals surface area contributed by atoms with Gasteiger partial charge in [0.1, 0.15) is 0 Å². The number of fused-ring (bicyclic) bond motifs is 3. The summed E-state index contributed by atoms with van der Waals surface area (Å²) in [6.45, 7) is 1.54. The maximum absolute atomic E-state index is 12.3. The van der Waals surface area contributed by atoms with E-state index in [2.05, 4.69) is 9.89 Å². The summed E-state index contributed by atoms with van der Waals surface area (Å²) in [5.41, 5.74) is 3.10. The fourth-order valence-electron chi connectivity index (χ4n) is 3.16. The number of para-hydroxylation sites is 1. The van der Waals surface area contributed by atoms with Crippen molar-refractivity contribution >= 4 is 11.4 Å². The number of hydrogen-bond donors (Lipinski definition) is 0. The Hall–Kier alpha value is -1.90. The lowest BCUT2D eigenvalue weighted by atomic mass is 9.94. The highest BCUT2D eigenvalue weighted by Crippen LogP contribution is 2.33. The highest BCUT2D eigenvalue weighted by Gasteiger charge is 2.33. The lowest BCUT2D eigenvalue weighted by Crippen LogP contribution is -2.39. The molecule has 0 aromatic heterocycles. The molecule has 0 bridgehead atoms. The molecule has 0 saturated carbocycles. The van der Waals surface area contributed by atoms with Crippen LogP contribution in [0.25, 0.3) is 5.57 Å². The Morgan fingerprint density at radius 3 is 3.00 bits per heavy atom. The van der Waals surface area contributed by atoms with Crippen molar-refractivity contribution in [3.63, 3.8) is 0 Å². The van der Waals surface area contributed by atoms with E-state index >= 15 is 0 Å². The minimum Gasteiger partial charge on any atom is -0.365 e. The first-order valence-electron chi connectivity index (χ1n) is 6.54. The van der Waals surface area contributed by atoms with E-state index in [1.165, 1.54) is 18.5 Å². The molecular formula is C15H14N2O. The van der Waals surface area contributed by atoms with E-state index in [1.807, 2.05) is 24.3 Å². The second kappa shape index (κ2) is 3.55. The summed E-state index contributed by atoms with van der Waals surface area (Å²) in [7, 11) is 0. The molecule has 0 N–H and O–H groups in total. The van der Waals surface area contributed by atoms with Crippen LogP contribution in [-0.2, 0) is 4.79 Å². The normalized spacial score (nSPS) is 21.4. The summed E-state index contributed by atoms with van der Waals surface area (Å²) in [5.74, 6) is 0.226. The summed E-state index contributed by atoms with van der Waals surface area (Å²) in [4.78, 5) is 19.2. The highest BCUT2D eigenvalue weighted by molar-refractivity contribution is 6.22. The molecule has 1 aromatic carbocycles. The van der Waals surface area contributed by atoms with Gasteiger partial charge >= 0.3 is 0 Å². The molecular weight excluding hydrogens is 224 g/mol. The van der Waals surface area contributed by atoms with Gasteiger partial charge in [0, 0.05) is 17.5 Å². The number of benzene rings is 1. The minimum absolute atomic E-state index is 0.226. The molecule has 0 atom stereocenters. The number of carbonyl (C=O) groups excluding carboxylic acids is 1. The van der Waals surface area contributed by atoms with E-state index in [-0.39, 0.29) is 5.78 Å². The van der Waals surface area contributed by atoms with Gasteiger partial charge in [-0.15, -0.1) is 0 Å². The molecule has 0 radical (unpaired) electrons. The molecule has 18 heavy (non-hydrogen) atoms. The van der Waals surface area contributed by atoms with Crippen LogP contribution >= 0.6 is 0 Å². The maximum Gasteiger partial charge on any atom is 0.184 e. The lowest BCUT2D eigenvalue weighted by Gasteiger charge is -2.35. The van der Waals surface area contributed by atoms with Gasteiger partial charge < -0.3 is 4.90 Å². The Morgan fingerprint density at radius 1 is 1.17 bits per heavy atom. The molecule has 3 heteroatoms. The molecule has 3 aliphatic heterocycles. The molecule has 3 heterocycles. The number of carbonyl (C=O) groups is 1. The van der Waals surface area contributed by atoms with Crippen molar-refractivity contribution in [2.45, 2.75) is 19.3 Å². The zero-order valence-corrected chi connectivity index (χ0v) is 10.1. The number of rotatable bonds is 0. The third-order valence-electron chi connectivity index (χ3n) is 4.00. The quantitative estimate of drug-likeness (QED) is 0.668. The van der Waals surface area contributed by atoms with Gasteiger partial charge in [0.25, 0.3) is 0 Å². The van der Waals surface area contributed by atoms with Crippen LogP contribution in [0, 0.1) is 0 Å². The van der Waals surface area contributed by atoms with E-state index < -0.39 is 0 Å². The van der Waals surface area contributed by atoms with Crippen LogP contribution in [0.1, 0.15) is 19.3 Å². The van der Waals surface area contributed by atoms with E-state index in [0.29, 0.717) is 6.54 Å². The summed E-state index contributed by atoms with van der Waals surface area (Å²) in [5, 5.41) is 1.98. The van der Waals surface area contributed by atoms with Gasteiger partial charge in [0.15, 0.2) is 5.78 Å². The van der Waals surface area contributed by atoms with Gasteiger partial charge in [-0.25, -0.2) is 4.99 Å². The lowest BCUT2D eigenvalue weighted by molar-refractivity contribution is -0.115. The average Bonchev–Trinajstić information content (AvgIpc) is 2.79. The fourth-order valence-corrected chi connectivity index (χ4v) is 3.16. The van der Waals surface area contributed by atoms with Crippen molar-refractivity contribution in [3.8, 4) is 0 Å². The molecule has 4 rings (SSSR count). The zero-order chi connectivity index (χ0) is 12.1. The van der Waals surface area contributed by atoms with Crippen LogP contribution in [0.4, 0.5) is 0 Å². The van der Waals surface area contributed by atoms with E-state index in [4.69, 9.17) is 0 Å². The topological polar surface area (TPSA) is 32.7 Å². The van der Waals surface area contributed by atoms with Gasteiger partial charge in [-0.05, 0) is 25.3 Å². The highest BCUT2D eigenvalue weighted by atomic mass is 16.1. The third-order valence-corrected chi connectivity index (χ3v) is 4.00. The second-order valence-electron chi connectivity index (χ2n) is 5.10. The molecule has 0 spiro atoms. The predicted molar refractivity (Wildman–Crippen MR) is 68.1 cm³/mol. The predicted octanol–water partition coefficient (Wildman–Crippen LogP) is 0.751. The maximum atomic E-state index is 12.3. The SMILES string of the molecule is O=C1CN2CCCCC2=C2N=c3ccccc3=C12. The fraction of sp³-hybridized carbons (Fsp3) is 0.333. The first-order chi connectivity index (χ1) is 8.84. The van der Waals surface area contributed by atoms with Gasteiger partial charge in [-0.1, -0.05) is 18.2 Å². The number of allylic oxidation sites excluding steroid dienone is 2. The Labute approximate surface area is 105 Å². The number of nitrogens with zero attached hydrogens (tertiary/aromatic N) is 2. The Kier molecular flexibility index (Phi) is 1.98. The summed E-state index contributed by atoms with van der Waals surface area (Å²) < 4.78 is 0. The van der Waals surface area contributed by atoms with Crippen LogP contribution < -0.4 is 10.6 Å². The number of piperidine rings is 1. The Morgan fingerprint density at radius 2 is 2.06 bits per heavy atom.